The Balaban J connectivity index is 1.36. The predicted molar refractivity (Wildman–Crippen MR) is 128 cm³/mol. The van der Waals surface area contributed by atoms with Gasteiger partial charge in [0, 0.05) is 50.5 Å². The first kappa shape index (κ1) is 21.7. The minimum Gasteiger partial charge on any atom is -0.379 e. The van der Waals surface area contributed by atoms with Crippen molar-refractivity contribution in [2.45, 2.75) is 32.9 Å². The zero-order valence-corrected chi connectivity index (χ0v) is 18.8. The summed E-state index contributed by atoms with van der Waals surface area (Å²) in [7, 11) is 0. The number of rotatable bonds is 6. The highest BCUT2D eigenvalue weighted by atomic mass is 32.1. The zero-order chi connectivity index (χ0) is 21.6. The Morgan fingerprint density at radius 3 is 2.61 bits per heavy atom. The van der Waals surface area contributed by atoms with E-state index in [4.69, 9.17) is 17.0 Å². The van der Waals surface area contributed by atoms with Gasteiger partial charge in [0.2, 0.25) is 5.91 Å². The molecule has 0 saturated carbocycles. The molecular weight excluding hydrogens is 408 g/mol. The van der Waals surface area contributed by atoms with Crippen molar-refractivity contribution in [3.05, 3.63) is 59.2 Å². The highest BCUT2D eigenvalue weighted by Gasteiger charge is 2.23. The van der Waals surface area contributed by atoms with Crippen molar-refractivity contribution in [2.24, 2.45) is 0 Å². The van der Waals surface area contributed by atoms with Crippen LogP contribution >= 0.6 is 12.2 Å². The lowest BCUT2D eigenvalue weighted by Crippen LogP contribution is -2.36. The number of carbonyl (C=O) groups excluding carboxylic acids is 1. The Morgan fingerprint density at radius 1 is 1.10 bits per heavy atom. The van der Waals surface area contributed by atoms with E-state index in [0.717, 1.165) is 62.8 Å². The quantitative estimate of drug-likeness (QED) is 0.674. The number of thiocarbonyl (C=S) groups is 1. The van der Waals surface area contributed by atoms with Crippen molar-refractivity contribution in [3.8, 4) is 0 Å². The molecule has 4 rings (SSSR count). The molecular formula is C24H30N4O2S. The van der Waals surface area contributed by atoms with Crippen LogP contribution in [0.25, 0.3) is 0 Å². The highest BCUT2D eigenvalue weighted by Crippen LogP contribution is 2.28. The van der Waals surface area contributed by atoms with Gasteiger partial charge < -0.3 is 20.3 Å². The lowest BCUT2D eigenvalue weighted by molar-refractivity contribution is -0.117. The largest absolute Gasteiger partial charge is 0.379 e. The van der Waals surface area contributed by atoms with E-state index in [2.05, 4.69) is 39.8 Å². The van der Waals surface area contributed by atoms with Crippen LogP contribution in [0.2, 0.25) is 0 Å². The molecule has 2 aliphatic rings. The third kappa shape index (κ3) is 5.61. The van der Waals surface area contributed by atoms with Crippen LogP contribution in [0.3, 0.4) is 0 Å². The molecule has 0 aromatic heterocycles. The second-order valence-corrected chi connectivity index (χ2v) is 8.52. The monoisotopic (exact) mass is 438 g/mol. The Bertz CT molecular complexity index is 943. The number of aryl methyl sites for hydroxylation is 1. The standard InChI is InChI=1S/C24H30N4O2S/c1-18-8-9-21(15-22(18)28-10-4-7-23(28)29)26-24(31)25-16-19-5-2-3-6-20(19)17-27-11-13-30-14-12-27/h2-3,5-6,8-9,15H,4,7,10-14,16-17H2,1H3,(H2,25,26,31). The molecule has 0 atom stereocenters. The van der Waals surface area contributed by atoms with Crippen LogP contribution < -0.4 is 15.5 Å². The summed E-state index contributed by atoms with van der Waals surface area (Å²) in [6.45, 7) is 7.95. The molecule has 6 nitrogen and oxygen atoms in total. The van der Waals surface area contributed by atoms with E-state index in [-0.39, 0.29) is 5.91 Å². The number of benzene rings is 2. The number of nitrogens with one attached hydrogen (secondary N) is 2. The molecule has 2 aromatic carbocycles. The van der Waals surface area contributed by atoms with Gasteiger partial charge in [0.25, 0.3) is 0 Å². The molecule has 2 aliphatic heterocycles. The van der Waals surface area contributed by atoms with E-state index >= 15 is 0 Å². The summed E-state index contributed by atoms with van der Waals surface area (Å²) in [5.41, 5.74) is 5.50. The van der Waals surface area contributed by atoms with Crippen molar-refractivity contribution >= 4 is 34.6 Å². The van der Waals surface area contributed by atoms with Gasteiger partial charge in [-0.1, -0.05) is 30.3 Å². The molecule has 2 saturated heterocycles. The van der Waals surface area contributed by atoms with Crippen molar-refractivity contribution < 1.29 is 9.53 Å². The fraction of sp³-hybridized carbons (Fsp3) is 0.417. The SMILES string of the molecule is Cc1ccc(NC(=S)NCc2ccccc2CN2CCOCC2)cc1N1CCCC1=O. The number of amides is 1. The van der Waals surface area contributed by atoms with Crippen LogP contribution in [0, 0.1) is 6.92 Å². The fourth-order valence-electron chi connectivity index (χ4n) is 4.12. The molecule has 2 fully saturated rings. The molecule has 164 valence electrons. The minimum absolute atomic E-state index is 0.192. The van der Waals surface area contributed by atoms with E-state index < -0.39 is 0 Å². The minimum atomic E-state index is 0.192. The summed E-state index contributed by atoms with van der Waals surface area (Å²) in [6.07, 6.45) is 1.54. The number of carbonyl (C=O) groups is 1. The predicted octanol–water partition coefficient (Wildman–Crippen LogP) is 3.44. The van der Waals surface area contributed by atoms with Crippen LogP contribution in [-0.2, 0) is 22.6 Å². The van der Waals surface area contributed by atoms with E-state index in [1.165, 1.54) is 11.1 Å². The Hall–Kier alpha value is -2.48. The van der Waals surface area contributed by atoms with Gasteiger partial charge in [-0.25, -0.2) is 0 Å². The average molecular weight is 439 g/mol. The summed E-state index contributed by atoms with van der Waals surface area (Å²) in [4.78, 5) is 16.4. The van der Waals surface area contributed by atoms with Crippen molar-refractivity contribution in [3.63, 3.8) is 0 Å². The summed E-state index contributed by atoms with van der Waals surface area (Å²) in [6, 6.07) is 14.5. The molecule has 2 heterocycles. The summed E-state index contributed by atoms with van der Waals surface area (Å²) in [5, 5.41) is 7.18. The Morgan fingerprint density at radius 2 is 1.87 bits per heavy atom. The fourth-order valence-corrected chi connectivity index (χ4v) is 4.31. The van der Waals surface area contributed by atoms with Gasteiger partial charge in [-0.05, 0) is 54.4 Å². The first-order valence-electron chi connectivity index (χ1n) is 10.9. The van der Waals surface area contributed by atoms with Crippen molar-refractivity contribution in [1.29, 1.82) is 0 Å². The number of hydrogen-bond donors (Lipinski definition) is 2. The molecule has 0 aliphatic carbocycles. The lowest BCUT2D eigenvalue weighted by Gasteiger charge is -2.27. The first-order chi connectivity index (χ1) is 15.1. The Kier molecular flexibility index (Phi) is 7.17. The number of anilines is 2. The molecule has 0 bridgehead atoms. The summed E-state index contributed by atoms with van der Waals surface area (Å²) < 4.78 is 5.46. The second kappa shape index (κ2) is 10.2. The summed E-state index contributed by atoms with van der Waals surface area (Å²) >= 11 is 5.54. The van der Waals surface area contributed by atoms with Crippen LogP contribution in [0.15, 0.2) is 42.5 Å². The highest BCUT2D eigenvalue weighted by molar-refractivity contribution is 7.80. The number of ether oxygens (including phenoxy) is 1. The third-order valence-electron chi connectivity index (χ3n) is 5.89. The van der Waals surface area contributed by atoms with E-state index in [1.807, 2.05) is 30.0 Å². The van der Waals surface area contributed by atoms with Gasteiger partial charge in [0.1, 0.15) is 0 Å². The molecule has 2 N–H and O–H groups in total. The topological polar surface area (TPSA) is 56.8 Å². The maximum atomic E-state index is 12.2. The number of nitrogens with zero attached hydrogens (tertiary/aromatic N) is 2. The molecule has 7 heteroatoms. The molecule has 31 heavy (non-hydrogen) atoms. The maximum Gasteiger partial charge on any atom is 0.227 e. The molecule has 1 amide bonds. The maximum absolute atomic E-state index is 12.2. The van der Waals surface area contributed by atoms with Crippen LogP contribution in [-0.4, -0.2) is 48.8 Å². The second-order valence-electron chi connectivity index (χ2n) is 8.12. The van der Waals surface area contributed by atoms with Crippen LogP contribution in [0.1, 0.15) is 29.5 Å². The van der Waals surface area contributed by atoms with Gasteiger partial charge >= 0.3 is 0 Å². The van der Waals surface area contributed by atoms with Crippen LogP contribution in [0.4, 0.5) is 11.4 Å². The molecule has 2 aromatic rings. The van der Waals surface area contributed by atoms with Gasteiger partial charge in [-0.15, -0.1) is 0 Å². The van der Waals surface area contributed by atoms with E-state index in [0.29, 0.717) is 18.1 Å². The van der Waals surface area contributed by atoms with E-state index in [1.54, 1.807) is 0 Å². The van der Waals surface area contributed by atoms with Gasteiger partial charge in [0.05, 0.1) is 13.2 Å². The molecule has 0 radical (unpaired) electrons. The third-order valence-corrected chi connectivity index (χ3v) is 6.13. The normalized spacial score (nSPS) is 17.1. The smallest absolute Gasteiger partial charge is 0.227 e. The molecule has 0 spiro atoms. The van der Waals surface area contributed by atoms with Crippen LogP contribution in [0.5, 0.6) is 0 Å². The Labute approximate surface area is 189 Å². The number of morpholine rings is 1. The lowest BCUT2D eigenvalue weighted by atomic mass is 10.1. The van der Waals surface area contributed by atoms with Crippen molar-refractivity contribution in [2.75, 3.05) is 43.1 Å². The molecule has 0 unspecified atom stereocenters. The van der Waals surface area contributed by atoms with Gasteiger partial charge in [-0.3, -0.25) is 9.69 Å². The zero-order valence-electron chi connectivity index (χ0n) is 18.0. The van der Waals surface area contributed by atoms with E-state index in [9.17, 15) is 4.79 Å². The van der Waals surface area contributed by atoms with Crippen molar-refractivity contribution in [1.82, 2.24) is 10.2 Å². The van der Waals surface area contributed by atoms with Gasteiger partial charge in [0.15, 0.2) is 5.11 Å². The number of hydrogen-bond acceptors (Lipinski definition) is 4. The average Bonchev–Trinajstić information content (AvgIpc) is 3.21. The van der Waals surface area contributed by atoms with Gasteiger partial charge in [-0.2, -0.15) is 0 Å². The first-order valence-corrected chi connectivity index (χ1v) is 11.3. The summed E-state index contributed by atoms with van der Waals surface area (Å²) in [5.74, 6) is 0.192.